The number of aromatic nitrogens is 4. The Balaban J connectivity index is 1.68. The molecule has 0 amide bonds. The number of hydrogen-bond donors (Lipinski definition) is 5. The third-order valence-electron chi connectivity index (χ3n) is 4.54. The fraction of sp³-hybridized carbons (Fsp3) is 0.600. The minimum Gasteiger partial charge on any atom is -0.480 e. The lowest BCUT2D eigenvalue weighted by Gasteiger charge is -2.16. The molecule has 148 valence electrons. The van der Waals surface area contributed by atoms with Crippen molar-refractivity contribution in [3.05, 3.63) is 12.7 Å². The first-order valence-electron chi connectivity index (χ1n) is 8.31. The van der Waals surface area contributed by atoms with Crippen molar-refractivity contribution < 1.29 is 24.9 Å². The summed E-state index contributed by atoms with van der Waals surface area (Å²) in [5.74, 6) is 0.254. The molecule has 1 saturated heterocycles. The summed E-state index contributed by atoms with van der Waals surface area (Å²) in [6, 6.07) is -0.907. The molecule has 2 aromatic heterocycles. The highest BCUT2D eigenvalue weighted by molar-refractivity contribution is 7.96. The molecule has 12 heteroatoms. The summed E-state index contributed by atoms with van der Waals surface area (Å²) in [4.78, 5) is 23.0. The number of nitrogens with zero attached hydrogens (tertiary/aromatic N) is 4. The van der Waals surface area contributed by atoms with Crippen LogP contribution in [0.2, 0.25) is 0 Å². The Labute approximate surface area is 157 Å². The molecule has 2 unspecified atom stereocenters. The maximum absolute atomic E-state index is 10.8. The molecule has 3 rings (SSSR count). The Kier molecular flexibility index (Phi) is 5.81. The molecule has 6 atom stereocenters. The molecule has 1 aliphatic rings. The topological polar surface area (TPSA) is 183 Å². The SMILES string of the molecule is C[S+](CCC(N)C(=O)O)C[C@H]1O[C@@H](n2cnc3c(N)ncnc32)[C@H](O)[C@H]1O. The van der Waals surface area contributed by atoms with Crippen LogP contribution in [-0.2, 0) is 20.4 Å². The van der Waals surface area contributed by atoms with Gasteiger partial charge in [0.2, 0.25) is 0 Å². The molecule has 0 saturated carbocycles. The molecule has 0 aromatic carbocycles. The summed E-state index contributed by atoms with van der Waals surface area (Å²) < 4.78 is 7.41. The summed E-state index contributed by atoms with van der Waals surface area (Å²) in [7, 11) is -0.235. The van der Waals surface area contributed by atoms with Crippen molar-refractivity contribution in [1.29, 1.82) is 0 Å². The Hall–Kier alpha value is -1.99. The molecule has 11 nitrogen and oxygen atoms in total. The summed E-state index contributed by atoms with van der Waals surface area (Å²) >= 11 is 0. The van der Waals surface area contributed by atoms with E-state index >= 15 is 0 Å². The Morgan fingerprint density at radius 1 is 1.37 bits per heavy atom. The number of carboxylic acids is 1. The number of nitrogens with two attached hydrogens (primary N) is 2. The monoisotopic (exact) mass is 399 g/mol. The fourth-order valence-electron chi connectivity index (χ4n) is 2.97. The zero-order chi connectivity index (χ0) is 19.7. The Morgan fingerprint density at radius 2 is 2.11 bits per heavy atom. The van der Waals surface area contributed by atoms with Crippen molar-refractivity contribution in [3.63, 3.8) is 0 Å². The van der Waals surface area contributed by atoms with Gasteiger partial charge in [-0.3, -0.25) is 9.36 Å². The fourth-order valence-corrected chi connectivity index (χ4v) is 4.63. The van der Waals surface area contributed by atoms with Crippen molar-refractivity contribution in [2.24, 2.45) is 5.73 Å². The Bertz CT molecular complexity index is 819. The zero-order valence-corrected chi connectivity index (χ0v) is 15.5. The van der Waals surface area contributed by atoms with E-state index in [9.17, 15) is 15.0 Å². The number of anilines is 1. The highest BCUT2D eigenvalue weighted by Crippen LogP contribution is 2.32. The third kappa shape index (κ3) is 3.99. The van der Waals surface area contributed by atoms with Crippen LogP contribution in [0.4, 0.5) is 5.82 Å². The largest absolute Gasteiger partial charge is 0.480 e. The van der Waals surface area contributed by atoms with Crippen LogP contribution >= 0.6 is 0 Å². The smallest absolute Gasteiger partial charge is 0.320 e. The molecule has 27 heavy (non-hydrogen) atoms. The van der Waals surface area contributed by atoms with Crippen LogP contribution in [0.3, 0.4) is 0 Å². The second kappa shape index (κ2) is 7.94. The van der Waals surface area contributed by atoms with Crippen LogP contribution in [0.15, 0.2) is 12.7 Å². The van der Waals surface area contributed by atoms with E-state index in [-0.39, 0.29) is 16.7 Å². The predicted octanol–water partition coefficient (Wildman–Crippen LogP) is -1.92. The lowest BCUT2D eigenvalue weighted by molar-refractivity contribution is -0.138. The molecule has 0 spiro atoms. The van der Waals surface area contributed by atoms with Gasteiger partial charge in [0.05, 0.1) is 12.6 Å². The molecule has 0 radical (unpaired) electrons. The van der Waals surface area contributed by atoms with Gasteiger partial charge in [0, 0.05) is 6.42 Å². The van der Waals surface area contributed by atoms with E-state index in [0.717, 1.165) is 0 Å². The maximum atomic E-state index is 10.8. The predicted molar refractivity (Wildman–Crippen MR) is 98.9 cm³/mol. The first kappa shape index (κ1) is 19.8. The average molecular weight is 399 g/mol. The molecule has 0 bridgehead atoms. The number of rotatable bonds is 7. The molecular formula is C15H23N6O5S+. The van der Waals surface area contributed by atoms with Gasteiger partial charge in [-0.25, -0.2) is 15.0 Å². The maximum Gasteiger partial charge on any atom is 0.320 e. The minimum absolute atomic E-state index is 0.216. The second-order valence-corrected chi connectivity index (χ2v) is 8.82. The number of aliphatic carboxylic acids is 1. The Morgan fingerprint density at radius 3 is 2.81 bits per heavy atom. The number of carboxylic acid groups (broad SMARTS) is 1. The van der Waals surface area contributed by atoms with E-state index in [1.165, 1.54) is 17.2 Å². The van der Waals surface area contributed by atoms with Crippen molar-refractivity contribution in [2.75, 3.05) is 23.5 Å². The molecule has 1 fully saturated rings. The van der Waals surface area contributed by atoms with Gasteiger partial charge < -0.3 is 31.5 Å². The van der Waals surface area contributed by atoms with Gasteiger partial charge in [-0.1, -0.05) is 0 Å². The highest BCUT2D eigenvalue weighted by atomic mass is 32.2. The van der Waals surface area contributed by atoms with Gasteiger partial charge in [0.15, 0.2) is 17.7 Å². The van der Waals surface area contributed by atoms with Crippen molar-refractivity contribution in [2.45, 2.75) is 37.0 Å². The molecule has 3 heterocycles. The van der Waals surface area contributed by atoms with E-state index in [0.29, 0.717) is 29.1 Å². The number of imidazole rings is 1. The third-order valence-corrected chi connectivity index (χ3v) is 6.37. The first-order valence-corrected chi connectivity index (χ1v) is 10.3. The number of nitrogen functional groups attached to an aromatic ring is 1. The summed E-state index contributed by atoms with van der Waals surface area (Å²) in [5, 5.41) is 29.7. The van der Waals surface area contributed by atoms with Crippen molar-refractivity contribution in [1.82, 2.24) is 19.5 Å². The number of ether oxygens (including phenoxy) is 1. The van der Waals surface area contributed by atoms with Crippen molar-refractivity contribution in [3.8, 4) is 0 Å². The van der Waals surface area contributed by atoms with Crippen LogP contribution in [-0.4, -0.2) is 82.9 Å². The van der Waals surface area contributed by atoms with Gasteiger partial charge in [-0.05, 0) is 10.9 Å². The number of aliphatic hydroxyl groups is 2. The van der Waals surface area contributed by atoms with Gasteiger partial charge >= 0.3 is 5.97 Å². The number of carbonyl (C=O) groups is 1. The van der Waals surface area contributed by atoms with E-state index < -0.39 is 36.6 Å². The van der Waals surface area contributed by atoms with Gasteiger partial charge in [0.1, 0.15) is 47.7 Å². The summed E-state index contributed by atoms with van der Waals surface area (Å²) in [6.45, 7) is 0. The van der Waals surface area contributed by atoms with E-state index in [1.807, 2.05) is 6.26 Å². The average Bonchev–Trinajstić information content (AvgIpc) is 3.17. The quantitative estimate of drug-likeness (QED) is 0.329. The first-order chi connectivity index (χ1) is 12.8. The second-order valence-electron chi connectivity index (χ2n) is 6.51. The van der Waals surface area contributed by atoms with E-state index in [2.05, 4.69) is 15.0 Å². The highest BCUT2D eigenvalue weighted by Gasteiger charge is 2.46. The molecule has 0 aliphatic carbocycles. The standard InChI is InChI=1S/C15H22N6O5S/c1-27(3-2-7(16)15(24)25)4-8-10(22)11(23)14(26-8)21-6-20-9-12(17)18-5-19-13(9)21/h5-8,10-11,14,22-23H,2-4,16H2,1H3,(H2-,17,18,19,24,25)/p+1/t7?,8-,10+,11-,14-,27?/m1/s1. The zero-order valence-electron chi connectivity index (χ0n) is 14.7. The van der Waals surface area contributed by atoms with Crippen molar-refractivity contribution >= 4 is 33.8 Å². The number of hydrogen-bond acceptors (Lipinski definition) is 9. The molecular weight excluding hydrogens is 376 g/mol. The van der Waals surface area contributed by atoms with Crippen LogP contribution in [0.5, 0.6) is 0 Å². The lowest BCUT2D eigenvalue weighted by atomic mass is 10.1. The van der Waals surface area contributed by atoms with Gasteiger partial charge in [-0.15, -0.1) is 0 Å². The van der Waals surface area contributed by atoms with Crippen LogP contribution < -0.4 is 11.5 Å². The lowest BCUT2D eigenvalue weighted by Crippen LogP contribution is -2.37. The molecule has 2 aromatic rings. The molecule has 7 N–H and O–H groups in total. The summed E-state index contributed by atoms with van der Waals surface area (Å²) in [5.41, 5.74) is 12.1. The number of aliphatic hydroxyl groups excluding tert-OH is 2. The minimum atomic E-state index is -1.16. The molecule has 1 aliphatic heterocycles. The number of fused-ring (bicyclic) bond motifs is 1. The van der Waals surface area contributed by atoms with E-state index in [1.54, 1.807) is 0 Å². The van der Waals surface area contributed by atoms with Crippen LogP contribution in [0.25, 0.3) is 11.2 Å². The normalized spacial score (nSPS) is 27.7. The van der Waals surface area contributed by atoms with Crippen LogP contribution in [0.1, 0.15) is 12.6 Å². The van der Waals surface area contributed by atoms with Gasteiger partial charge in [-0.2, -0.15) is 0 Å². The summed E-state index contributed by atoms with van der Waals surface area (Å²) in [6.07, 6.45) is 1.31. The van der Waals surface area contributed by atoms with E-state index in [4.69, 9.17) is 21.3 Å². The van der Waals surface area contributed by atoms with Gasteiger partial charge in [0.25, 0.3) is 0 Å². The van der Waals surface area contributed by atoms with Crippen LogP contribution in [0, 0.1) is 0 Å².